The summed E-state index contributed by atoms with van der Waals surface area (Å²) in [5.74, 6) is 0. The fourth-order valence-corrected chi connectivity index (χ4v) is 0.767. The fraction of sp³-hybridized carbons (Fsp3) is 1.00. The first-order valence-corrected chi connectivity index (χ1v) is 3.83. The zero-order valence-electron chi connectivity index (χ0n) is 5.34. The van der Waals surface area contributed by atoms with Gasteiger partial charge in [0.25, 0.3) is 0 Å². The van der Waals surface area contributed by atoms with E-state index in [-0.39, 0.29) is 6.61 Å². The Balaban J connectivity index is 2.60. The number of aliphatic hydroxyl groups excluding tert-OH is 1. The van der Waals surface area contributed by atoms with Crippen LogP contribution in [0.15, 0.2) is 0 Å². The van der Waals surface area contributed by atoms with Crippen LogP contribution in [0.4, 0.5) is 0 Å². The van der Waals surface area contributed by atoms with Crippen LogP contribution in [0.25, 0.3) is 0 Å². The first-order valence-electron chi connectivity index (χ1n) is 3.06. The van der Waals surface area contributed by atoms with Crippen molar-refractivity contribution in [2.75, 3.05) is 13.2 Å². The standard InChI is InChI=1S/C5H13NO2S/c7-5-3-1-2-4-6-9-8/h6-8H,1-5H2. The van der Waals surface area contributed by atoms with E-state index in [4.69, 9.17) is 9.66 Å². The average Bonchev–Trinajstić information content (AvgIpc) is 1.89. The molecule has 0 fully saturated rings. The molecule has 3 N–H and O–H groups in total. The van der Waals surface area contributed by atoms with Crippen molar-refractivity contribution >= 4 is 12.2 Å². The maximum absolute atomic E-state index is 8.35. The Morgan fingerprint density at radius 3 is 2.56 bits per heavy atom. The van der Waals surface area contributed by atoms with E-state index < -0.39 is 0 Å². The van der Waals surface area contributed by atoms with E-state index >= 15 is 0 Å². The average molecular weight is 151 g/mol. The minimum atomic E-state index is 0.270. The minimum Gasteiger partial charge on any atom is -0.396 e. The lowest BCUT2D eigenvalue weighted by Gasteiger charge is -1.96. The molecule has 0 rings (SSSR count). The fourth-order valence-electron chi connectivity index (χ4n) is 0.531. The quantitative estimate of drug-likeness (QED) is 0.299. The van der Waals surface area contributed by atoms with Crippen molar-refractivity contribution < 1.29 is 9.66 Å². The molecule has 0 aromatic rings. The van der Waals surface area contributed by atoms with Crippen molar-refractivity contribution in [2.24, 2.45) is 0 Å². The van der Waals surface area contributed by atoms with Crippen LogP contribution in [-0.4, -0.2) is 22.8 Å². The Kier molecular flexibility index (Phi) is 8.44. The van der Waals surface area contributed by atoms with Gasteiger partial charge in [-0.2, -0.15) is 0 Å². The molecule has 0 amide bonds. The molecular formula is C5H13NO2S. The van der Waals surface area contributed by atoms with E-state index in [1.165, 1.54) is 0 Å². The third-order valence-corrected chi connectivity index (χ3v) is 1.33. The molecule has 0 heterocycles. The summed E-state index contributed by atoms with van der Waals surface area (Å²) in [6.07, 6.45) is 2.88. The maximum atomic E-state index is 8.35. The second-order valence-electron chi connectivity index (χ2n) is 1.77. The molecular weight excluding hydrogens is 138 g/mol. The monoisotopic (exact) mass is 151 g/mol. The van der Waals surface area contributed by atoms with Gasteiger partial charge in [0.2, 0.25) is 0 Å². The molecule has 0 aliphatic heterocycles. The SMILES string of the molecule is OCCCCCNSO. The first-order chi connectivity index (χ1) is 4.41. The number of rotatable bonds is 6. The highest BCUT2D eigenvalue weighted by Crippen LogP contribution is 1.93. The van der Waals surface area contributed by atoms with Crippen molar-refractivity contribution in [1.82, 2.24) is 4.72 Å². The highest BCUT2D eigenvalue weighted by atomic mass is 32.2. The van der Waals surface area contributed by atoms with Gasteiger partial charge in [0.05, 0.1) is 12.2 Å². The summed E-state index contributed by atoms with van der Waals surface area (Å²) in [4.78, 5) is 0. The molecule has 0 saturated heterocycles. The molecule has 3 nitrogen and oxygen atoms in total. The Morgan fingerprint density at radius 2 is 2.00 bits per heavy atom. The molecule has 0 atom stereocenters. The zero-order valence-corrected chi connectivity index (χ0v) is 6.15. The molecule has 0 bridgehead atoms. The largest absolute Gasteiger partial charge is 0.396 e. The van der Waals surface area contributed by atoms with Crippen molar-refractivity contribution in [3.8, 4) is 0 Å². The maximum Gasteiger partial charge on any atom is 0.0759 e. The van der Waals surface area contributed by atoms with E-state index in [0.29, 0.717) is 12.2 Å². The van der Waals surface area contributed by atoms with E-state index in [1.807, 2.05) is 0 Å². The second-order valence-corrected chi connectivity index (χ2v) is 2.24. The predicted octanol–water partition coefficient (Wildman–Crippen LogP) is 0.860. The van der Waals surface area contributed by atoms with E-state index in [1.54, 1.807) is 0 Å². The third kappa shape index (κ3) is 8.23. The highest BCUT2D eigenvalue weighted by molar-refractivity contribution is 7.91. The smallest absolute Gasteiger partial charge is 0.0759 e. The number of hydrogen-bond acceptors (Lipinski definition) is 4. The molecule has 9 heavy (non-hydrogen) atoms. The van der Waals surface area contributed by atoms with Gasteiger partial charge in [-0.15, -0.1) is 0 Å². The van der Waals surface area contributed by atoms with Gasteiger partial charge in [-0.3, -0.25) is 0 Å². The Hall–Kier alpha value is 0.230. The number of unbranched alkanes of at least 4 members (excludes halogenated alkanes) is 2. The Labute approximate surface area is 59.8 Å². The molecule has 0 aromatic carbocycles. The summed E-state index contributed by atoms with van der Waals surface area (Å²) in [5, 5.41) is 8.35. The molecule has 0 saturated carbocycles. The molecule has 0 unspecified atom stereocenters. The van der Waals surface area contributed by atoms with E-state index in [0.717, 1.165) is 25.8 Å². The van der Waals surface area contributed by atoms with Crippen LogP contribution < -0.4 is 4.72 Å². The van der Waals surface area contributed by atoms with Crippen LogP contribution in [-0.2, 0) is 0 Å². The molecule has 0 aromatic heterocycles. The van der Waals surface area contributed by atoms with Crippen molar-refractivity contribution in [3.63, 3.8) is 0 Å². The van der Waals surface area contributed by atoms with Crippen LogP contribution in [0.1, 0.15) is 19.3 Å². The Bertz CT molecular complexity index is 48.2. The molecule has 0 radical (unpaired) electrons. The van der Waals surface area contributed by atoms with E-state index in [9.17, 15) is 0 Å². The van der Waals surface area contributed by atoms with Crippen LogP contribution in [0.5, 0.6) is 0 Å². The molecule has 0 aliphatic carbocycles. The van der Waals surface area contributed by atoms with Gasteiger partial charge in [-0.25, -0.2) is 4.72 Å². The van der Waals surface area contributed by atoms with Gasteiger partial charge in [-0.05, 0) is 19.3 Å². The van der Waals surface area contributed by atoms with Crippen LogP contribution in [0.2, 0.25) is 0 Å². The van der Waals surface area contributed by atoms with Gasteiger partial charge in [0.15, 0.2) is 0 Å². The van der Waals surface area contributed by atoms with Crippen molar-refractivity contribution in [1.29, 1.82) is 0 Å². The van der Waals surface area contributed by atoms with Gasteiger partial charge in [-0.1, -0.05) is 0 Å². The molecule has 0 aliphatic rings. The van der Waals surface area contributed by atoms with Gasteiger partial charge in [0, 0.05) is 13.2 Å². The molecule has 56 valence electrons. The summed E-state index contributed by atoms with van der Waals surface area (Å²) in [5.41, 5.74) is 0. The van der Waals surface area contributed by atoms with Gasteiger partial charge >= 0.3 is 0 Å². The predicted molar refractivity (Wildman–Crippen MR) is 39.2 cm³/mol. The Morgan fingerprint density at radius 1 is 1.22 bits per heavy atom. The number of aliphatic hydroxyl groups is 1. The first kappa shape index (κ1) is 9.23. The second kappa shape index (κ2) is 8.23. The van der Waals surface area contributed by atoms with E-state index in [2.05, 4.69) is 4.72 Å². The number of hydrogen-bond donors (Lipinski definition) is 3. The zero-order chi connectivity index (χ0) is 6.95. The lowest BCUT2D eigenvalue weighted by Crippen LogP contribution is -2.04. The summed E-state index contributed by atoms with van der Waals surface area (Å²) in [6, 6.07) is 0. The van der Waals surface area contributed by atoms with Crippen molar-refractivity contribution in [2.45, 2.75) is 19.3 Å². The van der Waals surface area contributed by atoms with Gasteiger partial charge < -0.3 is 9.66 Å². The summed E-state index contributed by atoms with van der Waals surface area (Å²) in [7, 11) is 0. The lowest BCUT2D eigenvalue weighted by atomic mass is 10.2. The normalized spacial score (nSPS) is 10.0. The number of nitrogens with one attached hydrogen (secondary N) is 1. The van der Waals surface area contributed by atoms with Crippen LogP contribution >= 0.6 is 12.2 Å². The molecule has 0 spiro atoms. The highest BCUT2D eigenvalue weighted by Gasteiger charge is 1.86. The van der Waals surface area contributed by atoms with Gasteiger partial charge in [0.1, 0.15) is 0 Å². The summed E-state index contributed by atoms with van der Waals surface area (Å²) < 4.78 is 10.9. The topological polar surface area (TPSA) is 52.5 Å². The van der Waals surface area contributed by atoms with Crippen LogP contribution in [0, 0.1) is 0 Å². The lowest BCUT2D eigenvalue weighted by molar-refractivity contribution is 0.283. The summed E-state index contributed by atoms with van der Waals surface area (Å²) in [6.45, 7) is 1.08. The van der Waals surface area contributed by atoms with Crippen molar-refractivity contribution in [3.05, 3.63) is 0 Å². The minimum absolute atomic E-state index is 0.270. The van der Waals surface area contributed by atoms with Crippen LogP contribution in [0.3, 0.4) is 0 Å². The third-order valence-electron chi connectivity index (χ3n) is 1.00. The summed E-state index contributed by atoms with van der Waals surface area (Å²) >= 11 is 0.647. The molecule has 4 heteroatoms.